The van der Waals surface area contributed by atoms with Crippen molar-refractivity contribution in [2.24, 2.45) is 7.05 Å². The van der Waals surface area contributed by atoms with Gasteiger partial charge >= 0.3 is 0 Å². The molecule has 2 heterocycles. The minimum atomic E-state index is -0.846. The Hall–Kier alpha value is -1.78. The number of rotatable bonds is 2. The summed E-state index contributed by atoms with van der Waals surface area (Å²) in [5.74, 6) is 0.460. The Labute approximate surface area is 108 Å². The van der Waals surface area contributed by atoms with Gasteiger partial charge in [-0.05, 0) is 18.2 Å². The van der Waals surface area contributed by atoms with Crippen molar-refractivity contribution in [1.82, 2.24) is 9.78 Å². The number of hydrogen-bond donors (Lipinski definition) is 1. The molecule has 2 aromatic heterocycles. The fourth-order valence-corrected chi connectivity index (χ4v) is 2.20. The quantitative estimate of drug-likeness (QED) is 0.773. The lowest BCUT2D eigenvalue weighted by Crippen LogP contribution is -2.05. The summed E-state index contributed by atoms with van der Waals surface area (Å²) in [4.78, 5) is 0. The number of aromatic nitrogens is 2. The van der Waals surface area contributed by atoms with Crippen LogP contribution in [0.15, 0.2) is 40.9 Å². The highest BCUT2D eigenvalue weighted by atomic mass is 35.5. The van der Waals surface area contributed by atoms with E-state index < -0.39 is 6.10 Å². The van der Waals surface area contributed by atoms with E-state index in [0.29, 0.717) is 22.1 Å². The average molecular weight is 263 g/mol. The number of fused-ring (bicyclic) bond motifs is 1. The maximum absolute atomic E-state index is 10.3. The van der Waals surface area contributed by atoms with Gasteiger partial charge in [-0.25, -0.2) is 0 Å². The van der Waals surface area contributed by atoms with Crippen LogP contribution in [0.1, 0.15) is 17.6 Å². The van der Waals surface area contributed by atoms with Crippen LogP contribution in [0.5, 0.6) is 0 Å². The molecular formula is C13H11ClN2O2. The van der Waals surface area contributed by atoms with Crippen LogP contribution >= 0.6 is 11.6 Å². The Morgan fingerprint density at radius 1 is 1.39 bits per heavy atom. The smallest absolute Gasteiger partial charge is 0.153 e. The van der Waals surface area contributed by atoms with Gasteiger partial charge in [-0.2, -0.15) is 5.10 Å². The molecule has 0 aliphatic rings. The van der Waals surface area contributed by atoms with Crippen molar-refractivity contribution >= 4 is 22.6 Å². The summed E-state index contributed by atoms with van der Waals surface area (Å²) in [7, 11) is 1.77. The summed E-state index contributed by atoms with van der Waals surface area (Å²) >= 11 is 6.04. The van der Waals surface area contributed by atoms with Crippen LogP contribution in [0.3, 0.4) is 0 Å². The molecule has 0 aliphatic carbocycles. The molecule has 0 fully saturated rings. The van der Waals surface area contributed by atoms with Crippen LogP contribution in [-0.4, -0.2) is 14.9 Å². The Bertz CT molecular complexity index is 702. The molecule has 0 saturated carbocycles. The first-order valence-electron chi connectivity index (χ1n) is 5.51. The van der Waals surface area contributed by atoms with Gasteiger partial charge in [0, 0.05) is 18.6 Å². The second-order valence-corrected chi connectivity index (χ2v) is 4.50. The van der Waals surface area contributed by atoms with Crippen molar-refractivity contribution in [3.63, 3.8) is 0 Å². The highest BCUT2D eigenvalue weighted by Gasteiger charge is 2.19. The molecule has 3 aromatic rings. The average Bonchev–Trinajstić information content (AvgIpc) is 2.95. The first-order valence-corrected chi connectivity index (χ1v) is 5.88. The van der Waals surface area contributed by atoms with E-state index in [4.69, 9.17) is 16.0 Å². The Balaban J connectivity index is 2.10. The molecular weight excluding hydrogens is 252 g/mol. The van der Waals surface area contributed by atoms with Crippen LogP contribution in [0, 0.1) is 0 Å². The number of nitrogens with zero attached hydrogens (tertiary/aromatic N) is 2. The third-order valence-electron chi connectivity index (χ3n) is 2.92. The molecule has 1 aromatic carbocycles. The first-order chi connectivity index (χ1) is 8.66. The summed E-state index contributed by atoms with van der Waals surface area (Å²) in [6, 6.07) is 9.04. The zero-order valence-corrected chi connectivity index (χ0v) is 10.4. The predicted molar refractivity (Wildman–Crippen MR) is 68.5 cm³/mol. The number of furan rings is 1. The molecule has 0 bridgehead atoms. The standard InChI is InChI=1S/C13H11ClN2O2/c1-16-10(5-6-15-16)12(17)11-7-8-3-2-4-9(14)13(8)18-11/h2-7,12,17H,1H3. The van der Waals surface area contributed by atoms with Gasteiger partial charge in [0.05, 0.1) is 10.7 Å². The minimum absolute atomic E-state index is 0.460. The highest BCUT2D eigenvalue weighted by Crippen LogP contribution is 2.31. The number of halogens is 1. The molecule has 0 amide bonds. The van der Waals surface area contributed by atoms with Crippen LogP contribution in [0.25, 0.3) is 11.0 Å². The van der Waals surface area contributed by atoms with Gasteiger partial charge in [-0.15, -0.1) is 0 Å². The van der Waals surface area contributed by atoms with Crippen LogP contribution in [0.2, 0.25) is 5.02 Å². The van der Waals surface area contributed by atoms with Crippen molar-refractivity contribution < 1.29 is 9.52 Å². The second-order valence-electron chi connectivity index (χ2n) is 4.09. The van der Waals surface area contributed by atoms with Crippen molar-refractivity contribution in [2.45, 2.75) is 6.10 Å². The number of aliphatic hydroxyl groups excluding tert-OH is 1. The van der Waals surface area contributed by atoms with Gasteiger partial charge in [0.2, 0.25) is 0 Å². The summed E-state index contributed by atoms with van der Waals surface area (Å²) in [5, 5.41) is 15.7. The van der Waals surface area contributed by atoms with Crippen molar-refractivity contribution in [3.8, 4) is 0 Å². The lowest BCUT2D eigenvalue weighted by atomic mass is 10.2. The molecule has 5 heteroatoms. The van der Waals surface area contributed by atoms with Gasteiger partial charge in [0.15, 0.2) is 11.7 Å². The third kappa shape index (κ3) is 1.70. The summed E-state index contributed by atoms with van der Waals surface area (Å²) in [5.41, 5.74) is 1.26. The van der Waals surface area contributed by atoms with E-state index in [1.165, 1.54) is 0 Å². The largest absolute Gasteiger partial charge is 0.456 e. The summed E-state index contributed by atoms with van der Waals surface area (Å²) in [6.45, 7) is 0. The van der Waals surface area contributed by atoms with Crippen LogP contribution < -0.4 is 0 Å². The maximum atomic E-state index is 10.3. The molecule has 0 saturated heterocycles. The number of hydrogen-bond acceptors (Lipinski definition) is 3. The molecule has 4 nitrogen and oxygen atoms in total. The second kappa shape index (κ2) is 4.15. The topological polar surface area (TPSA) is 51.2 Å². The number of aryl methyl sites for hydroxylation is 1. The maximum Gasteiger partial charge on any atom is 0.153 e. The minimum Gasteiger partial charge on any atom is -0.456 e. The molecule has 0 spiro atoms. The Morgan fingerprint density at radius 2 is 2.22 bits per heavy atom. The van der Waals surface area contributed by atoms with Gasteiger partial charge in [0.1, 0.15) is 5.76 Å². The highest BCUT2D eigenvalue weighted by molar-refractivity contribution is 6.34. The molecule has 0 aliphatic heterocycles. The van der Waals surface area contributed by atoms with Crippen molar-refractivity contribution in [3.05, 3.63) is 53.0 Å². The van der Waals surface area contributed by atoms with E-state index in [-0.39, 0.29) is 0 Å². The lowest BCUT2D eigenvalue weighted by Gasteiger charge is -2.07. The molecule has 3 rings (SSSR count). The SMILES string of the molecule is Cn1nccc1C(O)c1cc2cccc(Cl)c2o1. The van der Waals surface area contributed by atoms with E-state index in [9.17, 15) is 5.11 Å². The molecule has 1 unspecified atom stereocenters. The van der Waals surface area contributed by atoms with Gasteiger partial charge in [0.25, 0.3) is 0 Å². The summed E-state index contributed by atoms with van der Waals surface area (Å²) in [6.07, 6.45) is 0.787. The fraction of sp³-hybridized carbons (Fsp3) is 0.154. The molecule has 0 radical (unpaired) electrons. The fourth-order valence-electron chi connectivity index (χ4n) is 1.98. The van der Waals surface area contributed by atoms with E-state index >= 15 is 0 Å². The Morgan fingerprint density at radius 3 is 2.89 bits per heavy atom. The number of para-hydroxylation sites is 1. The van der Waals surface area contributed by atoms with E-state index in [0.717, 1.165) is 5.39 Å². The van der Waals surface area contributed by atoms with E-state index in [1.54, 1.807) is 36.1 Å². The zero-order chi connectivity index (χ0) is 12.7. The normalized spacial score (nSPS) is 13.1. The van der Waals surface area contributed by atoms with Crippen molar-refractivity contribution in [1.29, 1.82) is 0 Å². The van der Waals surface area contributed by atoms with Crippen molar-refractivity contribution in [2.75, 3.05) is 0 Å². The zero-order valence-electron chi connectivity index (χ0n) is 9.67. The molecule has 1 atom stereocenters. The van der Waals surface area contributed by atoms with Gasteiger partial charge in [-0.1, -0.05) is 23.7 Å². The first kappa shape index (κ1) is 11.3. The lowest BCUT2D eigenvalue weighted by molar-refractivity contribution is 0.183. The Kier molecular flexibility index (Phi) is 2.61. The van der Waals surface area contributed by atoms with Gasteiger partial charge < -0.3 is 9.52 Å². The number of benzene rings is 1. The number of aliphatic hydroxyl groups is 1. The molecule has 92 valence electrons. The predicted octanol–water partition coefficient (Wildman–Crippen LogP) is 2.90. The monoisotopic (exact) mass is 262 g/mol. The third-order valence-corrected chi connectivity index (χ3v) is 3.22. The molecule has 18 heavy (non-hydrogen) atoms. The van der Waals surface area contributed by atoms with Crippen LogP contribution in [-0.2, 0) is 7.05 Å². The van der Waals surface area contributed by atoms with E-state index in [1.807, 2.05) is 12.1 Å². The van der Waals surface area contributed by atoms with Gasteiger partial charge in [-0.3, -0.25) is 4.68 Å². The molecule has 1 N–H and O–H groups in total. The van der Waals surface area contributed by atoms with Crippen LogP contribution in [0.4, 0.5) is 0 Å². The van der Waals surface area contributed by atoms with E-state index in [2.05, 4.69) is 5.10 Å². The summed E-state index contributed by atoms with van der Waals surface area (Å²) < 4.78 is 7.23.